The summed E-state index contributed by atoms with van der Waals surface area (Å²) in [7, 11) is 0. The molecule has 0 aromatic carbocycles. The van der Waals surface area contributed by atoms with E-state index >= 15 is 0 Å². The first-order valence-corrected chi connectivity index (χ1v) is 4.90. The minimum atomic E-state index is 0.116. The van der Waals surface area contributed by atoms with Gasteiger partial charge in [-0.2, -0.15) is 5.10 Å². The van der Waals surface area contributed by atoms with Crippen molar-refractivity contribution in [2.45, 2.75) is 58.4 Å². The van der Waals surface area contributed by atoms with Gasteiger partial charge in [0.15, 0.2) is 0 Å². The van der Waals surface area contributed by atoms with E-state index in [9.17, 15) is 0 Å². The Morgan fingerprint density at radius 2 is 1.67 bits per heavy atom. The van der Waals surface area contributed by atoms with E-state index in [0.717, 1.165) is 0 Å². The van der Waals surface area contributed by atoms with Crippen LogP contribution in [0.5, 0.6) is 0 Å². The fourth-order valence-electron chi connectivity index (χ4n) is 1.32. The van der Waals surface area contributed by atoms with E-state index in [0.29, 0.717) is 0 Å². The highest BCUT2D eigenvalue weighted by Crippen LogP contribution is 2.14. The molecule has 2 nitrogen and oxygen atoms in total. The Labute approximate surface area is 75.4 Å². The molecular weight excluding hydrogens is 148 g/mol. The quantitative estimate of drug-likeness (QED) is 0.598. The maximum absolute atomic E-state index is 4.42. The summed E-state index contributed by atoms with van der Waals surface area (Å²) < 4.78 is 0. The van der Waals surface area contributed by atoms with Crippen LogP contribution in [0.15, 0.2) is 5.10 Å². The van der Waals surface area contributed by atoms with Crippen molar-refractivity contribution in [3.8, 4) is 0 Å². The molecule has 1 N–H and O–H groups in total. The van der Waals surface area contributed by atoms with Crippen molar-refractivity contribution in [1.82, 2.24) is 5.43 Å². The van der Waals surface area contributed by atoms with Gasteiger partial charge in [-0.25, -0.2) is 0 Å². The van der Waals surface area contributed by atoms with Crippen LogP contribution in [0.3, 0.4) is 0 Å². The van der Waals surface area contributed by atoms with Gasteiger partial charge in [0, 0.05) is 11.3 Å². The number of hydrogen-bond acceptors (Lipinski definition) is 2. The summed E-state index contributed by atoms with van der Waals surface area (Å²) in [6.45, 7) is 6.42. The van der Waals surface area contributed by atoms with Gasteiger partial charge in [-0.3, -0.25) is 0 Å². The smallest absolute Gasteiger partial charge is 0.0464 e. The van der Waals surface area contributed by atoms with E-state index in [1.165, 1.54) is 37.8 Å². The predicted molar refractivity (Wildman–Crippen MR) is 53.4 cm³/mol. The van der Waals surface area contributed by atoms with Crippen molar-refractivity contribution >= 4 is 5.71 Å². The van der Waals surface area contributed by atoms with Gasteiger partial charge in [-0.05, 0) is 46.5 Å². The number of hydrazone groups is 1. The maximum Gasteiger partial charge on any atom is 0.0464 e. The van der Waals surface area contributed by atoms with Crippen molar-refractivity contribution in [2.75, 3.05) is 0 Å². The highest BCUT2D eigenvalue weighted by molar-refractivity contribution is 5.84. The Morgan fingerprint density at radius 3 is 2.17 bits per heavy atom. The Bertz CT molecular complexity index is 157. The zero-order valence-corrected chi connectivity index (χ0v) is 8.48. The highest BCUT2D eigenvalue weighted by Gasteiger charge is 2.10. The molecule has 0 aliphatic heterocycles. The van der Waals surface area contributed by atoms with Gasteiger partial charge in [0.1, 0.15) is 0 Å². The van der Waals surface area contributed by atoms with Crippen molar-refractivity contribution in [2.24, 2.45) is 5.10 Å². The van der Waals surface area contributed by atoms with E-state index < -0.39 is 0 Å². The van der Waals surface area contributed by atoms with E-state index in [1.807, 2.05) is 0 Å². The molecule has 0 aromatic heterocycles. The second-order valence-corrected chi connectivity index (χ2v) is 4.60. The maximum atomic E-state index is 4.42. The molecule has 0 spiro atoms. The van der Waals surface area contributed by atoms with Gasteiger partial charge in [-0.15, -0.1) is 0 Å². The molecule has 12 heavy (non-hydrogen) atoms. The molecule has 0 amide bonds. The zero-order chi connectivity index (χ0) is 9.03. The minimum Gasteiger partial charge on any atom is -0.305 e. The highest BCUT2D eigenvalue weighted by atomic mass is 15.3. The van der Waals surface area contributed by atoms with Crippen LogP contribution in [0.25, 0.3) is 0 Å². The summed E-state index contributed by atoms with van der Waals surface area (Å²) in [5.74, 6) is 0. The van der Waals surface area contributed by atoms with Crippen LogP contribution < -0.4 is 5.43 Å². The average Bonchev–Trinajstić information content (AvgIpc) is 2.02. The summed E-state index contributed by atoms with van der Waals surface area (Å²) in [5.41, 5.74) is 4.65. The van der Waals surface area contributed by atoms with E-state index in [-0.39, 0.29) is 5.54 Å². The van der Waals surface area contributed by atoms with Crippen LogP contribution in [0.1, 0.15) is 52.9 Å². The minimum absolute atomic E-state index is 0.116. The van der Waals surface area contributed by atoms with Crippen LogP contribution in [-0.2, 0) is 0 Å². The molecule has 0 atom stereocenters. The SMILES string of the molecule is CC(C)(C)NN=C1CCCCC1. The van der Waals surface area contributed by atoms with E-state index in [4.69, 9.17) is 0 Å². The number of hydrogen-bond donors (Lipinski definition) is 1. The van der Waals surface area contributed by atoms with Gasteiger partial charge in [-0.1, -0.05) is 6.42 Å². The molecule has 0 saturated heterocycles. The normalized spacial score (nSPS) is 19.1. The average molecular weight is 168 g/mol. The molecule has 0 radical (unpaired) electrons. The number of nitrogens with zero attached hydrogens (tertiary/aromatic N) is 1. The summed E-state index contributed by atoms with van der Waals surface area (Å²) in [6.07, 6.45) is 6.43. The second kappa shape index (κ2) is 3.92. The lowest BCUT2D eigenvalue weighted by atomic mass is 9.99. The number of rotatable bonds is 1. The fourth-order valence-corrected chi connectivity index (χ4v) is 1.32. The lowest BCUT2D eigenvalue weighted by Crippen LogP contribution is -2.32. The molecule has 0 heterocycles. The van der Waals surface area contributed by atoms with Gasteiger partial charge >= 0.3 is 0 Å². The first-order valence-electron chi connectivity index (χ1n) is 4.90. The van der Waals surface area contributed by atoms with Crippen molar-refractivity contribution in [3.05, 3.63) is 0 Å². The molecule has 1 aliphatic carbocycles. The largest absolute Gasteiger partial charge is 0.305 e. The molecular formula is C10H20N2. The third kappa shape index (κ3) is 3.74. The van der Waals surface area contributed by atoms with Gasteiger partial charge in [0.25, 0.3) is 0 Å². The monoisotopic (exact) mass is 168 g/mol. The molecule has 1 fully saturated rings. The van der Waals surface area contributed by atoms with Crippen molar-refractivity contribution in [1.29, 1.82) is 0 Å². The summed E-state index contributed by atoms with van der Waals surface area (Å²) in [5, 5.41) is 4.42. The zero-order valence-electron chi connectivity index (χ0n) is 8.48. The molecule has 1 aliphatic rings. The first kappa shape index (κ1) is 9.56. The summed E-state index contributed by atoms with van der Waals surface area (Å²) in [6, 6.07) is 0. The topological polar surface area (TPSA) is 24.4 Å². The predicted octanol–water partition coefficient (Wildman–Crippen LogP) is 2.69. The molecule has 0 aromatic rings. The van der Waals surface area contributed by atoms with E-state index in [1.54, 1.807) is 0 Å². The molecule has 0 unspecified atom stereocenters. The van der Waals surface area contributed by atoms with Crippen LogP contribution in [0.4, 0.5) is 0 Å². The van der Waals surface area contributed by atoms with Gasteiger partial charge in [0.05, 0.1) is 0 Å². The molecule has 1 rings (SSSR count). The van der Waals surface area contributed by atoms with Crippen LogP contribution >= 0.6 is 0 Å². The standard InChI is InChI=1S/C10H20N2/c1-10(2,3)12-11-9-7-5-4-6-8-9/h12H,4-8H2,1-3H3. The van der Waals surface area contributed by atoms with Crippen molar-refractivity contribution in [3.63, 3.8) is 0 Å². The lowest BCUT2D eigenvalue weighted by molar-refractivity contribution is 0.438. The molecule has 70 valence electrons. The van der Waals surface area contributed by atoms with Crippen LogP contribution in [0.2, 0.25) is 0 Å². The third-order valence-electron chi connectivity index (χ3n) is 1.98. The Kier molecular flexibility index (Phi) is 3.12. The van der Waals surface area contributed by atoms with Crippen LogP contribution in [-0.4, -0.2) is 11.3 Å². The van der Waals surface area contributed by atoms with Crippen LogP contribution in [0, 0.1) is 0 Å². The lowest BCUT2D eigenvalue weighted by Gasteiger charge is -2.20. The Balaban J connectivity index is 2.35. The second-order valence-electron chi connectivity index (χ2n) is 4.60. The van der Waals surface area contributed by atoms with Crippen molar-refractivity contribution < 1.29 is 0 Å². The Morgan fingerprint density at radius 1 is 1.08 bits per heavy atom. The first-order chi connectivity index (χ1) is 5.58. The van der Waals surface area contributed by atoms with Gasteiger partial charge < -0.3 is 5.43 Å². The fraction of sp³-hybridized carbons (Fsp3) is 0.900. The molecule has 0 bridgehead atoms. The number of nitrogens with one attached hydrogen (secondary N) is 1. The third-order valence-corrected chi connectivity index (χ3v) is 1.98. The molecule has 2 heteroatoms. The molecule has 1 saturated carbocycles. The summed E-state index contributed by atoms with van der Waals surface area (Å²) in [4.78, 5) is 0. The summed E-state index contributed by atoms with van der Waals surface area (Å²) >= 11 is 0. The van der Waals surface area contributed by atoms with Gasteiger partial charge in [0.2, 0.25) is 0 Å². The Hall–Kier alpha value is -0.530. The van der Waals surface area contributed by atoms with E-state index in [2.05, 4.69) is 31.3 Å².